The Morgan fingerprint density at radius 2 is 2.09 bits per heavy atom. The molecule has 122 valence electrons. The van der Waals surface area contributed by atoms with Crippen molar-refractivity contribution in [3.8, 4) is 0 Å². The Morgan fingerprint density at radius 3 is 2.77 bits per heavy atom. The molecule has 1 aromatic heterocycles. The number of aliphatic hydroxyl groups is 1. The molecule has 2 atom stereocenters. The van der Waals surface area contributed by atoms with Gasteiger partial charge in [-0.2, -0.15) is 0 Å². The molecule has 1 amide bonds. The van der Waals surface area contributed by atoms with Gasteiger partial charge in [-0.1, -0.05) is 27.2 Å². The van der Waals surface area contributed by atoms with Crippen molar-refractivity contribution in [3.05, 3.63) is 11.6 Å². The summed E-state index contributed by atoms with van der Waals surface area (Å²) in [5.41, 5.74) is -0.808. The van der Waals surface area contributed by atoms with Gasteiger partial charge in [-0.15, -0.1) is 10.2 Å². The van der Waals surface area contributed by atoms with Crippen LogP contribution in [0.25, 0.3) is 0 Å². The lowest BCUT2D eigenvalue weighted by Gasteiger charge is -2.30. The Balaban J connectivity index is 1.83. The van der Waals surface area contributed by atoms with Crippen molar-refractivity contribution in [2.45, 2.75) is 58.6 Å². The fraction of sp³-hybridized carbons (Fsp3) is 0.812. The van der Waals surface area contributed by atoms with Gasteiger partial charge in [-0.3, -0.25) is 4.79 Å². The number of rotatable bonds is 2. The molecule has 3 rings (SSSR count). The lowest BCUT2D eigenvalue weighted by atomic mass is 9.82. The van der Waals surface area contributed by atoms with E-state index in [1.807, 2.05) is 25.3 Å². The summed E-state index contributed by atoms with van der Waals surface area (Å²) in [7, 11) is 0. The van der Waals surface area contributed by atoms with Gasteiger partial charge in [0.2, 0.25) is 5.82 Å². The first-order chi connectivity index (χ1) is 10.4. The summed E-state index contributed by atoms with van der Waals surface area (Å²) < 4.78 is 1.98. The van der Waals surface area contributed by atoms with Crippen LogP contribution in [-0.2, 0) is 13.0 Å². The Kier molecular flexibility index (Phi) is 3.97. The summed E-state index contributed by atoms with van der Waals surface area (Å²) >= 11 is 0. The molecule has 0 spiro atoms. The fourth-order valence-electron chi connectivity index (χ4n) is 3.71. The second-order valence-electron chi connectivity index (χ2n) is 7.13. The van der Waals surface area contributed by atoms with Crippen molar-refractivity contribution in [2.75, 3.05) is 13.1 Å². The lowest BCUT2D eigenvalue weighted by Crippen LogP contribution is -2.43. The molecule has 2 aliphatic rings. The topological polar surface area (TPSA) is 71.2 Å². The van der Waals surface area contributed by atoms with Gasteiger partial charge in [0, 0.05) is 25.4 Å². The molecule has 2 aliphatic heterocycles. The standard InChI is InChI=1S/C16H26N4O2/c1-11(2)16(22)10-19(9-12(16)3)15(21)14-18-17-13-7-5-4-6-8-20(13)14/h11-12,22H,4-10H2,1-3H3/t12-,16-/m1/s1. The van der Waals surface area contributed by atoms with Crippen molar-refractivity contribution < 1.29 is 9.90 Å². The maximum Gasteiger partial charge on any atom is 0.291 e. The second kappa shape index (κ2) is 5.65. The first-order valence-corrected chi connectivity index (χ1v) is 8.37. The Hall–Kier alpha value is -1.43. The van der Waals surface area contributed by atoms with Crippen LogP contribution in [0.3, 0.4) is 0 Å². The summed E-state index contributed by atoms with van der Waals surface area (Å²) in [6, 6.07) is 0. The second-order valence-corrected chi connectivity index (χ2v) is 7.13. The molecule has 22 heavy (non-hydrogen) atoms. The summed E-state index contributed by atoms with van der Waals surface area (Å²) in [4.78, 5) is 14.6. The first-order valence-electron chi connectivity index (χ1n) is 8.37. The molecule has 1 aromatic rings. The molecule has 0 saturated carbocycles. The highest BCUT2D eigenvalue weighted by Crippen LogP contribution is 2.34. The zero-order chi connectivity index (χ0) is 15.9. The van der Waals surface area contributed by atoms with E-state index in [9.17, 15) is 9.90 Å². The quantitative estimate of drug-likeness (QED) is 0.898. The average molecular weight is 306 g/mol. The number of likely N-dealkylation sites (tertiary alicyclic amines) is 1. The summed E-state index contributed by atoms with van der Waals surface area (Å²) in [5, 5.41) is 19.1. The van der Waals surface area contributed by atoms with Crippen LogP contribution in [0.15, 0.2) is 0 Å². The SMILES string of the molecule is CC(C)[C@]1(O)CN(C(=O)c2nnc3n2CCCCC3)C[C@H]1C. The van der Waals surface area contributed by atoms with Gasteiger partial charge < -0.3 is 14.6 Å². The van der Waals surface area contributed by atoms with Crippen LogP contribution >= 0.6 is 0 Å². The van der Waals surface area contributed by atoms with Crippen molar-refractivity contribution in [3.63, 3.8) is 0 Å². The molecule has 0 aliphatic carbocycles. The average Bonchev–Trinajstić information content (AvgIpc) is 2.92. The molecular weight excluding hydrogens is 280 g/mol. The molecule has 3 heterocycles. The van der Waals surface area contributed by atoms with E-state index in [-0.39, 0.29) is 17.7 Å². The maximum absolute atomic E-state index is 12.8. The first kappa shape index (κ1) is 15.5. The van der Waals surface area contributed by atoms with Gasteiger partial charge in [-0.05, 0) is 18.8 Å². The monoisotopic (exact) mass is 306 g/mol. The molecule has 1 fully saturated rings. The third kappa shape index (κ3) is 2.43. The van der Waals surface area contributed by atoms with E-state index in [2.05, 4.69) is 10.2 Å². The van der Waals surface area contributed by atoms with Gasteiger partial charge in [0.05, 0.1) is 12.1 Å². The number of amides is 1. The number of aryl methyl sites for hydroxylation is 1. The molecule has 0 aromatic carbocycles. The van der Waals surface area contributed by atoms with Gasteiger partial charge in [0.1, 0.15) is 5.82 Å². The number of hydrogen-bond acceptors (Lipinski definition) is 4. The zero-order valence-electron chi connectivity index (χ0n) is 13.7. The van der Waals surface area contributed by atoms with E-state index < -0.39 is 5.60 Å². The largest absolute Gasteiger partial charge is 0.387 e. The maximum atomic E-state index is 12.8. The number of hydrogen-bond donors (Lipinski definition) is 1. The molecule has 0 unspecified atom stereocenters. The van der Waals surface area contributed by atoms with E-state index >= 15 is 0 Å². The van der Waals surface area contributed by atoms with Crippen molar-refractivity contribution in [1.82, 2.24) is 19.7 Å². The summed E-state index contributed by atoms with van der Waals surface area (Å²) in [5.74, 6) is 1.46. The molecule has 1 saturated heterocycles. The third-order valence-corrected chi connectivity index (χ3v) is 5.38. The number of carbonyl (C=O) groups is 1. The van der Waals surface area contributed by atoms with Crippen LogP contribution in [0.2, 0.25) is 0 Å². The minimum absolute atomic E-state index is 0.0722. The predicted octanol–water partition coefficient (Wildman–Crippen LogP) is 1.48. The zero-order valence-corrected chi connectivity index (χ0v) is 13.7. The number of β-amino-alcohol motifs (C(OH)–C–C–N with tert-alkyl or cyclic N) is 1. The molecule has 6 nitrogen and oxygen atoms in total. The van der Waals surface area contributed by atoms with E-state index in [1.165, 1.54) is 6.42 Å². The van der Waals surface area contributed by atoms with Crippen molar-refractivity contribution >= 4 is 5.91 Å². The van der Waals surface area contributed by atoms with Crippen LogP contribution in [-0.4, -0.2) is 49.4 Å². The van der Waals surface area contributed by atoms with Crippen molar-refractivity contribution in [2.24, 2.45) is 11.8 Å². The Bertz CT molecular complexity index is 568. The van der Waals surface area contributed by atoms with Gasteiger partial charge in [0.25, 0.3) is 5.91 Å². The molecular formula is C16H26N4O2. The van der Waals surface area contributed by atoms with Crippen molar-refractivity contribution in [1.29, 1.82) is 0 Å². The molecule has 6 heteroatoms. The van der Waals surface area contributed by atoms with E-state index in [0.29, 0.717) is 18.9 Å². The minimum atomic E-state index is -0.808. The smallest absolute Gasteiger partial charge is 0.291 e. The molecule has 1 N–H and O–H groups in total. The van der Waals surface area contributed by atoms with E-state index in [4.69, 9.17) is 0 Å². The predicted molar refractivity (Wildman–Crippen MR) is 82.4 cm³/mol. The van der Waals surface area contributed by atoms with E-state index in [0.717, 1.165) is 31.6 Å². The van der Waals surface area contributed by atoms with Gasteiger partial charge >= 0.3 is 0 Å². The molecule has 0 bridgehead atoms. The summed E-state index contributed by atoms with van der Waals surface area (Å²) in [6.07, 6.45) is 4.25. The number of fused-ring (bicyclic) bond motifs is 1. The van der Waals surface area contributed by atoms with E-state index in [1.54, 1.807) is 4.90 Å². The normalized spacial score (nSPS) is 28.8. The Morgan fingerprint density at radius 1 is 1.32 bits per heavy atom. The van der Waals surface area contributed by atoms with Crippen LogP contribution in [0.4, 0.5) is 0 Å². The van der Waals surface area contributed by atoms with Crippen LogP contribution in [0.5, 0.6) is 0 Å². The number of aromatic nitrogens is 3. The van der Waals surface area contributed by atoms with Crippen LogP contribution < -0.4 is 0 Å². The number of nitrogens with zero attached hydrogens (tertiary/aromatic N) is 4. The lowest BCUT2D eigenvalue weighted by molar-refractivity contribution is -0.0244. The minimum Gasteiger partial charge on any atom is -0.387 e. The van der Waals surface area contributed by atoms with Crippen LogP contribution in [0.1, 0.15) is 56.5 Å². The Labute approximate surface area is 131 Å². The van der Waals surface area contributed by atoms with Crippen LogP contribution in [0, 0.1) is 11.8 Å². The highest BCUT2D eigenvalue weighted by Gasteiger charge is 2.47. The highest BCUT2D eigenvalue weighted by atomic mass is 16.3. The molecule has 0 radical (unpaired) electrons. The summed E-state index contributed by atoms with van der Waals surface area (Å²) in [6.45, 7) is 7.81. The van der Waals surface area contributed by atoms with Gasteiger partial charge in [0.15, 0.2) is 0 Å². The third-order valence-electron chi connectivity index (χ3n) is 5.38. The highest BCUT2D eigenvalue weighted by molar-refractivity contribution is 5.91. The fourth-order valence-corrected chi connectivity index (χ4v) is 3.71. The van der Waals surface area contributed by atoms with Gasteiger partial charge in [-0.25, -0.2) is 0 Å². The number of carbonyl (C=O) groups excluding carboxylic acids is 1.